The lowest BCUT2D eigenvalue weighted by Gasteiger charge is -2.25. The molecule has 2 aromatic rings. The normalized spacial score (nSPS) is 18.8. The van der Waals surface area contributed by atoms with E-state index in [1.165, 1.54) is 16.7 Å². The summed E-state index contributed by atoms with van der Waals surface area (Å²) < 4.78 is 5.82. The summed E-state index contributed by atoms with van der Waals surface area (Å²) in [5, 5.41) is 6.37. The van der Waals surface area contributed by atoms with Crippen LogP contribution in [0.25, 0.3) is 0 Å². The van der Waals surface area contributed by atoms with Crippen molar-refractivity contribution in [2.45, 2.75) is 38.6 Å². The van der Waals surface area contributed by atoms with E-state index in [1.807, 2.05) is 12.1 Å². The van der Waals surface area contributed by atoms with E-state index >= 15 is 0 Å². The van der Waals surface area contributed by atoms with Gasteiger partial charge in [0.1, 0.15) is 0 Å². The molecule has 1 amide bonds. The van der Waals surface area contributed by atoms with E-state index in [0.717, 1.165) is 30.6 Å². The number of hydrogen-bond acceptors (Lipinski definition) is 3. The van der Waals surface area contributed by atoms with Crippen LogP contribution in [0.15, 0.2) is 42.5 Å². The van der Waals surface area contributed by atoms with Gasteiger partial charge in [0.05, 0.1) is 19.1 Å². The zero-order valence-corrected chi connectivity index (χ0v) is 13.7. The summed E-state index contributed by atoms with van der Waals surface area (Å²) in [6.45, 7) is 3.12. The highest BCUT2D eigenvalue weighted by Gasteiger charge is 2.23. The van der Waals surface area contributed by atoms with Crippen molar-refractivity contribution in [2.24, 2.45) is 0 Å². The number of nitrogens with one attached hydrogen (secondary N) is 2. The van der Waals surface area contributed by atoms with Crippen molar-refractivity contribution >= 4 is 5.91 Å². The molecule has 24 heavy (non-hydrogen) atoms. The standard InChI is InChI=1S/C20H22N2O2/c23-20(10-19-18-4-2-1-3-15(18)7-8-24-19)22-11-14-5-6-16-12-21-13-17(16)9-14/h1-6,9,19,21H,7-8,10-13H2,(H,22,23). The summed E-state index contributed by atoms with van der Waals surface area (Å²) in [6, 6.07) is 14.7. The monoisotopic (exact) mass is 322 g/mol. The van der Waals surface area contributed by atoms with Crippen molar-refractivity contribution in [1.29, 1.82) is 0 Å². The summed E-state index contributed by atoms with van der Waals surface area (Å²) in [5.74, 6) is 0.0373. The Morgan fingerprint density at radius 1 is 1.12 bits per heavy atom. The molecule has 2 aliphatic rings. The number of hydrogen-bond donors (Lipinski definition) is 2. The number of carbonyl (C=O) groups is 1. The van der Waals surface area contributed by atoms with Gasteiger partial charge in [0.15, 0.2) is 0 Å². The van der Waals surface area contributed by atoms with Gasteiger partial charge in [-0.1, -0.05) is 42.5 Å². The van der Waals surface area contributed by atoms with Crippen molar-refractivity contribution < 1.29 is 9.53 Å². The van der Waals surface area contributed by atoms with E-state index in [9.17, 15) is 4.79 Å². The lowest BCUT2D eigenvalue weighted by atomic mass is 9.95. The van der Waals surface area contributed by atoms with Gasteiger partial charge < -0.3 is 15.4 Å². The van der Waals surface area contributed by atoms with Crippen LogP contribution in [-0.2, 0) is 35.6 Å². The van der Waals surface area contributed by atoms with Crippen molar-refractivity contribution in [3.05, 3.63) is 70.3 Å². The minimum atomic E-state index is -0.126. The Kier molecular flexibility index (Phi) is 4.32. The molecule has 0 radical (unpaired) electrons. The molecule has 1 unspecified atom stereocenters. The van der Waals surface area contributed by atoms with Gasteiger partial charge in [0.2, 0.25) is 5.91 Å². The maximum atomic E-state index is 12.3. The predicted molar refractivity (Wildman–Crippen MR) is 92.3 cm³/mol. The summed E-state index contributed by atoms with van der Waals surface area (Å²) >= 11 is 0. The van der Waals surface area contributed by atoms with E-state index in [2.05, 4.69) is 41.0 Å². The van der Waals surface area contributed by atoms with Gasteiger partial charge in [0, 0.05) is 19.6 Å². The molecule has 2 N–H and O–H groups in total. The van der Waals surface area contributed by atoms with Gasteiger partial charge in [-0.2, -0.15) is 0 Å². The number of amides is 1. The molecular weight excluding hydrogens is 300 g/mol. The largest absolute Gasteiger partial charge is 0.373 e. The number of fused-ring (bicyclic) bond motifs is 2. The van der Waals surface area contributed by atoms with Crippen LogP contribution in [0.3, 0.4) is 0 Å². The molecule has 0 saturated carbocycles. The van der Waals surface area contributed by atoms with Gasteiger partial charge in [-0.05, 0) is 34.2 Å². The molecule has 0 bridgehead atoms. The first-order valence-corrected chi connectivity index (χ1v) is 8.57. The first kappa shape index (κ1) is 15.4. The molecule has 2 aliphatic heterocycles. The molecule has 0 saturated heterocycles. The quantitative estimate of drug-likeness (QED) is 0.910. The average Bonchev–Trinajstić information content (AvgIpc) is 3.08. The van der Waals surface area contributed by atoms with E-state index in [0.29, 0.717) is 19.6 Å². The van der Waals surface area contributed by atoms with Crippen molar-refractivity contribution in [3.63, 3.8) is 0 Å². The van der Waals surface area contributed by atoms with E-state index < -0.39 is 0 Å². The summed E-state index contributed by atoms with van der Waals surface area (Å²) in [7, 11) is 0. The lowest BCUT2D eigenvalue weighted by molar-refractivity contribution is -0.124. The van der Waals surface area contributed by atoms with Crippen molar-refractivity contribution in [2.75, 3.05) is 6.61 Å². The van der Waals surface area contributed by atoms with Crippen LogP contribution in [0.4, 0.5) is 0 Å². The molecule has 1 atom stereocenters. The van der Waals surface area contributed by atoms with Crippen LogP contribution in [0, 0.1) is 0 Å². The van der Waals surface area contributed by atoms with Crippen LogP contribution in [0.2, 0.25) is 0 Å². The minimum absolute atomic E-state index is 0.0373. The van der Waals surface area contributed by atoms with E-state index in [1.54, 1.807) is 0 Å². The summed E-state index contributed by atoms with van der Waals surface area (Å²) in [5.41, 5.74) is 6.30. The Balaban J connectivity index is 1.36. The zero-order valence-electron chi connectivity index (χ0n) is 13.7. The van der Waals surface area contributed by atoms with Crippen molar-refractivity contribution in [3.8, 4) is 0 Å². The zero-order chi connectivity index (χ0) is 16.4. The number of ether oxygens (including phenoxy) is 1. The highest BCUT2D eigenvalue weighted by Crippen LogP contribution is 2.29. The third-order valence-corrected chi connectivity index (χ3v) is 4.85. The van der Waals surface area contributed by atoms with Crippen LogP contribution in [0.5, 0.6) is 0 Å². The third kappa shape index (κ3) is 3.21. The number of rotatable bonds is 4. The molecule has 0 fully saturated rings. The molecule has 2 aromatic carbocycles. The third-order valence-electron chi connectivity index (χ3n) is 4.85. The second-order valence-corrected chi connectivity index (χ2v) is 6.50. The number of benzene rings is 2. The smallest absolute Gasteiger partial charge is 0.223 e. The number of carbonyl (C=O) groups excluding carboxylic acids is 1. The average molecular weight is 322 g/mol. The fourth-order valence-electron chi connectivity index (χ4n) is 3.55. The Bertz CT molecular complexity index is 757. The fourth-order valence-corrected chi connectivity index (χ4v) is 3.55. The molecule has 4 heteroatoms. The summed E-state index contributed by atoms with van der Waals surface area (Å²) in [6.07, 6.45) is 1.18. The highest BCUT2D eigenvalue weighted by atomic mass is 16.5. The van der Waals surface area contributed by atoms with E-state index in [4.69, 9.17) is 4.74 Å². The summed E-state index contributed by atoms with van der Waals surface area (Å²) in [4.78, 5) is 12.3. The van der Waals surface area contributed by atoms with Gasteiger partial charge >= 0.3 is 0 Å². The highest BCUT2D eigenvalue weighted by molar-refractivity contribution is 5.76. The molecule has 124 valence electrons. The Hall–Kier alpha value is -2.17. The molecule has 0 spiro atoms. The predicted octanol–water partition coefficient (Wildman–Crippen LogP) is 2.61. The van der Waals surface area contributed by atoms with Gasteiger partial charge in [-0.3, -0.25) is 4.79 Å². The van der Waals surface area contributed by atoms with Crippen LogP contribution < -0.4 is 10.6 Å². The molecule has 4 nitrogen and oxygen atoms in total. The molecule has 4 rings (SSSR count). The van der Waals surface area contributed by atoms with Gasteiger partial charge in [0.25, 0.3) is 0 Å². The first-order valence-electron chi connectivity index (χ1n) is 8.57. The van der Waals surface area contributed by atoms with Crippen LogP contribution in [0.1, 0.15) is 40.3 Å². The topological polar surface area (TPSA) is 50.4 Å². The fraction of sp³-hybridized carbons (Fsp3) is 0.350. The van der Waals surface area contributed by atoms with Crippen LogP contribution >= 0.6 is 0 Å². The first-order chi connectivity index (χ1) is 11.8. The lowest BCUT2D eigenvalue weighted by Crippen LogP contribution is -2.27. The van der Waals surface area contributed by atoms with E-state index in [-0.39, 0.29) is 12.0 Å². The maximum Gasteiger partial charge on any atom is 0.223 e. The van der Waals surface area contributed by atoms with Gasteiger partial charge in [-0.15, -0.1) is 0 Å². The van der Waals surface area contributed by atoms with Crippen molar-refractivity contribution in [1.82, 2.24) is 10.6 Å². The Morgan fingerprint density at radius 2 is 2.00 bits per heavy atom. The maximum absolute atomic E-state index is 12.3. The second kappa shape index (κ2) is 6.75. The molecule has 0 aliphatic carbocycles. The Labute approximate surface area is 142 Å². The molecule has 2 heterocycles. The second-order valence-electron chi connectivity index (χ2n) is 6.50. The molecule has 0 aromatic heterocycles. The SMILES string of the molecule is O=C(CC1OCCc2ccccc21)NCc1ccc2c(c1)CNC2. The van der Waals surface area contributed by atoms with Crippen LogP contribution in [-0.4, -0.2) is 12.5 Å². The Morgan fingerprint density at radius 3 is 2.96 bits per heavy atom. The minimum Gasteiger partial charge on any atom is -0.373 e. The van der Waals surface area contributed by atoms with Gasteiger partial charge in [-0.25, -0.2) is 0 Å². The molecular formula is C20H22N2O2.